The second-order valence-electron chi connectivity index (χ2n) is 6.18. The fourth-order valence-corrected chi connectivity index (χ4v) is 2.43. The molecule has 1 aliphatic carbocycles. The third kappa shape index (κ3) is 3.35. The first-order valence-corrected chi connectivity index (χ1v) is 6.67. The van der Waals surface area contributed by atoms with Gasteiger partial charge in [0.25, 0.3) is 0 Å². The van der Waals surface area contributed by atoms with Gasteiger partial charge in [0.2, 0.25) is 0 Å². The largest absolute Gasteiger partial charge is 0.444 e. The van der Waals surface area contributed by atoms with E-state index in [0.29, 0.717) is 6.04 Å². The van der Waals surface area contributed by atoms with Crippen LogP contribution in [-0.2, 0) is 4.74 Å². The normalized spacial score (nSPS) is 26.5. The third-order valence-corrected chi connectivity index (χ3v) is 3.58. The average molecular weight is 240 g/mol. The SMILES string of the molecule is CC(C)(C)OC(=O)N1CCNC(C2CCC2)C1. The number of piperazine rings is 1. The van der Waals surface area contributed by atoms with Crippen molar-refractivity contribution in [1.82, 2.24) is 10.2 Å². The van der Waals surface area contributed by atoms with Crippen LogP contribution in [-0.4, -0.2) is 42.3 Å². The highest BCUT2D eigenvalue weighted by atomic mass is 16.6. The Bertz CT molecular complexity index is 282. The van der Waals surface area contributed by atoms with E-state index < -0.39 is 5.60 Å². The Morgan fingerprint density at radius 3 is 2.59 bits per heavy atom. The molecule has 1 saturated carbocycles. The molecule has 2 aliphatic rings. The predicted molar refractivity (Wildman–Crippen MR) is 66.9 cm³/mol. The fraction of sp³-hybridized carbons (Fsp3) is 0.923. The van der Waals surface area contributed by atoms with Gasteiger partial charge in [-0.1, -0.05) is 6.42 Å². The maximum atomic E-state index is 12.0. The molecule has 1 atom stereocenters. The van der Waals surface area contributed by atoms with Gasteiger partial charge >= 0.3 is 6.09 Å². The van der Waals surface area contributed by atoms with Gasteiger partial charge in [-0.15, -0.1) is 0 Å². The molecular weight excluding hydrogens is 216 g/mol. The molecule has 0 aromatic carbocycles. The lowest BCUT2D eigenvalue weighted by Crippen LogP contribution is -2.57. The van der Waals surface area contributed by atoms with Gasteiger partial charge in [0.1, 0.15) is 5.60 Å². The van der Waals surface area contributed by atoms with Crippen LogP contribution in [0.5, 0.6) is 0 Å². The summed E-state index contributed by atoms with van der Waals surface area (Å²) >= 11 is 0. The van der Waals surface area contributed by atoms with Crippen LogP contribution in [0.1, 0.15) is 40.0 Å². The van der Waals surface area contributed by atoms with Crippen LogP contribution in [0, 0.1) is 5.92 Å². The molecule has 2 fully saturated rings. The standard InChI is InChI=1S/C13H24N2O2/c1-13(2,3)17-12(16)15-8-7-14-11(9-15)10-5-4-6-10/h10-11,14H,4-9H2,1-3H3. The van der Waals surface area contributed by atoms with Crippen molar-refractivity contribution in [2.75, 3.05) is 19.6 Å². The first-order valence-electron chi connectivity index (χ1n) is 6.67. The van der Waals surface area contributed by atoms with Crippen molar-refractivity contribution in [1.29, 1.82) is 0 Å². The van der Waals surface area contributed by atoms with Gasteiger partial charge in [-0.25, -0.2) is 4.79 Å². The Morgan fingerprint density at radius 1 is 1.35 bits per heavy atom. The van der Waals surface area contributed by atoms with E-state index in [-0.39, 0.29) is 6.09 Å². The minimum atomic E-state index is -0.395. The monoisotopic (exact) mass is 240 g/mol. The minimum absolute atomic E-state index is 0.164. The lowest BCUT2D eigenvalue weighted by molar-refractivity contribution is 0.0149. The Hall–Kier alpha value is -0.770. The zero-order valence-corrected chi connectivity index (χ0v) is 11.2. The van der Waals surface area contributed by atoms with E-state index in [1.54, 1.807) is 0 Å². The van der Waals surface area contributed by atoms with Gasteiger partial charge < -0.3 is 15.0 Å². The third-order valence-electron chi connectivity index (χ3n) is 3.58. The average Bonchev–Trinajstić information content (AvgIpc) is 2.12. The maximum Gasteiger partial charge on any atom is 0.410 e. The van der Waals surface area contributed by atoms with Crippen LogP contribution in [0.3, 0.4) is 0 Å². The number of nitrogens with zero attached hydrogens (tertiary/aromatic N) is 1. The van der Waals surface area contributed by atoms with Crippen LogP contribution in [0.15, 0.2) is 0 Å². The summed E-state index contributed by atoms with van der Waals surface area (Å²) in [5.74, 6) is 0.764. The molecule has 17 heavy (non-hydrogen) atoms. The molecule has 1 unspecified atom stereocenters. The van der Waals surface area contributed by atoms with E-state index in [2.05, 4.69) is 5.32 Å². The summed E-state index contributed by atoms with van der Waals surface area (Å²) in [5.41, 5.74) is -0.395. The number of hydrogen-bond donors (Lipinski definition) is 1. The predicted octanol–water partition coefficient (Wildman–Crippen LogP) is 2.00. The topological polar surface area (TPSA) is 41.6 Å². The van der Waals surface area contributed by atoms with Crippen LogP contribution >= 0.6 is 0 Å². The summed E-state index contributed by atoms with van der Waals surface area (Å²) in [4.78, 5) is 13.8. The molecule has 98 valence electrons. The number of carbonyl (C=O) groups excluding carboxylic acids is 1. The van der Waals surface area contributed by atoms with E-state index in [4.69, 9.17) is 4.74 Å². The van der Waals surface area contributed by atoms with Crippen LogP contribution < -0.4 is 5.32 Å². The van der Waals surface area contributed by atoms with Gasteiger partial charge in [-0.05, 0) is 39.5 Å². The minimum Gasteiger partial charge on any atom is -0.444 e. The Labute approximate surface area is 104 Å². The van der Waals surface area contributed by atoms with E-state index in [9.17, 15) is 4.79 Å². The Kier molecular flexibility index (Phi) is 3.61. The molecule has 2 rings (SSSR count). The summed E-state index contributed by atoms with van der Waals surface area (Å²) in [5, 5.41) is 3.52. The van der Waals surface area contributed by atoms with Crippen molar-refractivity contribution in [2.45, 2.75) is 51.7 Å². The van der Waals surface area contributed by atoms with E-state index in [1.807, 2.05) is 25.7 Å². The second-order valence-corrected chi connectivity index (χ2v) is 6.18. The van der Waals surface area contributed by atoms with Gasteiger partial charge in [0.05, 0.1) is 0 Å². The molecular formula is C13H24N2O2. The van der Waals surface area contributed by atoms with Crippen molar-refractivity contribution in [3.8, 4) is 0 Å². The summed E-state index contributed by atoms with van der Waals surface area (Å²) < 4.78 is 5.42. The van der Waals surface area contributed by atoms with E-state index >= 15 is 0 Å². The summed E-state index contributed by atoms with van der Waals surface area (Å²) in [6, 6.07) is 0.477. The maximum absolute atomic E-state index is 12.0. The van der Waals surface area contributed by atoms with Crippen molar-refractivity contribution in [2.24, 2.45) is 5.92 Å². The molecule has 1 aliphatic heterocycles. The first-order chi connectivity index (χ1) is 7.96. The number of rotatable bonds is 1. The van der Waals surface area contributed by atoms with Gasteiger partial charge in [-0.2, -0.15) is 0 Å². The van der Waals surface area contributed by atoms with Gasteiger partial charge in [0, 0.05) is 25.7 Å². The molecule has 0 aromatic heterocycles. The molecule has 0 bridgehead atoms. The number of amides is 1. The first kappa shape index (κ1) is 12.7. The van der Waals surface area contributed by atoms with Crippen molar-refractivity contribution in [3.05, 3.63) is 0 Å². The van der Waals surface area contributed by atoms with Crippen LogP contribution in [0.4, 0.5) is 4.79 Å². The van der Waals surface area contributed by atoms with Crippen LogP contribution in [0.2, 0.25) is 0 Å². The molecule has 0 aromatic rings. The van der Waals surface area contributed by atoms with Crippen molar-refractivity contribution in [3.63, 3.8) is 0 Å². The smallest absolute Gasteiger partial charge is 0.410 e. The molecule has 4 nitrogen and oxygen atoms in total. The fourth-order valence-electron chi connectivity index (χ4n) is 2.43. The van der Waals surface area contributed by atoms with E-state index in [0.717, 1.165) is 25.6 Å². The van der Waals surface area contributed by atoms with Crippen LogP contribution in [0.25, 0.3) is 0 Å². The van der Waals surface area contributed by atoms with Crippen molar-refractivity contribution >= 4 is 6.09 Å². The molecule has 0 spiro atoms. The van der Waals surface area contributed by atoms with E-state index in [1.165, 1.54) is 19.3 Å². The lowest BCUT2D eigenvalue weighted by atomic mass is 9.79. The zero-order valence-electron chi connectivity index (χ0n) is 11.2. The molecule has 1 amide bonds. The number of nitrogens with one attached hydrogen (secondary N) is 1. The Morgan fingerprint density at radius 2 is 2.06 bits per heavy atom. The summed E-state index contributed by atoms with van der Waals surface area (Å²) in [7, 11) is 0. The molecule has 4 heteroatoms. The molecule has 1 heterocycles. The highest BCUT2D eigenvalue weighted by Gasteiger charge is 2.33. The molecule has 1 saturated heterocycles. The number of hydrogen-bond acceptors (Lipinski definition) is 3. The quantitative estimate of drug-likeness (QED) is 0.762. The second kappa shape index (κ2) is 4.84. The van der Waals surface area contributed by atoms with Gasteiger partial charge in [0.15, 0.2) is 0 Å². The molecule has 1 N–H and O–H groups in total. The highest BCUT2D eigenvalue weighted by Crippen LogP contribution is 2.30. The summed E-state index contributed by atoms with van der Waals surface area (Å²) in [6.07, 6.45) is 3.79. The summed E-state index contributed by atoms with van der Waals surface area (Å²) in [6.45, 7) is 8.20. The highest BCUT2D eigenvalue weighted by molar-refractivity contribution is 5.68. The lowest BCUT2D eigenvalue weighted by Gasteiger charge is -2.41. The zero-order chi connectivity index (χ0) is 12.5. The Balaban J connectivity index is 1.85. The molecule has 0 radical (unpaired) electrons. The van der Waals surface area contributed by atoms with Gasteiger partial charge in [-0.3, -0.25) is 0 Å². The number of carbonyl (C=O) groups is 1. The number of ether oxygens (including phenoxy) is 1. The van der Waals surface area contributed by atoms with Crippen molar-refractivity contribution < 1.29 is 9.53 Å².